The lowest BCUT2D eigenvalue weighted by atomic mass is 10.1. The minimum absolute atomic E-state index is 0.0282. The molecule has 4 heterocycles. The van der Waals surface area contributed by atoms with Gasteiger partial charge < -0.3 is 14.5 Å². The number of rotatable bonds is 4. The zero-order valence-corrected chi connectivity index (χ0v) is 13.0. The molecule has 0 saturated heterocycles. The van der Waals surface area contributed by atoms with Crippen LogP contribution in [-0.4, -0.2) is 31.1 Å². The van der Waals surface area contributed by atoms with Gasteiger partial charge >= 0.3 is 0 Å². The average Bonchev–Trinajstić information content (AvgIpc) is 3.32. The van der Waals surface area contributed by atoms with Gasteiger partial charge in [0.05, 0.1) is 18.0 Å². The van der Waals surface area contributed by atoms with E-state index in [0.717, 1.165) is 29.1 Å². The largest absolute Gasteiger partial charge is 0.494 e. The first-order chi connectivity index (χ1) is 11.8. The number of hydrogen-bond acceptors (Lipinski definition) is 5. The lowest BCUT2D eigenvalue weighted by molar-refractivity contribution is 0.457. The Labute approximate surface area is 137 Å². The minimum Gasteiger partial charge on any atom is -0.494 e. The molecule has 0 unspecified atom stereocenters. The first kappa shape index (κ1) is 14.3. The van der Waals surface area contributed by atoms with Gasteiger partial charge in [-0.1, -0.05) is 0 Å². The molecule has 7 nitrogen and oxygen atoms in total. The van der Waals surface area contributed by atoms with Crippen LogP contribution in [0.3, 0.4) is 0 Å². The summed E-state index contributed by atoms with van der Waals surface area (Å²) < 4.78 is 7.18. The molecule has 0 amide bonds. The van der Waals surface area contributed by atoms with E-state index in [9.17, 15) is 5.11 Å². The molecule has 0 aliphatic carbocycles. The molecule has 0 atom stereocenters. The summed E-state index contributed by atoms with van der Waals surface area (Å²) in [5.41, 5.74) is 2.00. The van der Waals surface area contributed by atoms with Crippen LogP contribution in [0.5, 0.6) is 5.88 Å². The quantitative estimate of drug-likeness (QED) is 0.563. The minimum atomic E-state index is 0.0282. The molecule has 7 heteroatoms. The van der Waals surface area contributed by atoms with Crippen molar-refractivity contribution in [1.82, 2.24) is 19.7 Å². The summed E-state index contributed by atoms with van der Waals surface area (Å²) in [5.74, 6) is 1.47. The Bertz CT molecular complexity index is 1010. The maximum absolute atomic E-state index is 10.2. The van der Waals surface area contributed by atoms with Crippen molar-refractivity contribution in [3.8, 4) is 17.2 Å². The molecule has 4 rings (SSSR count). The first-order valence-corrected chi connectivity index (χ1v) is 7.56. The maximum atomic E-state index is 10.2. The number of aryl methyl sites for hydroxylation is 1. The number of hydrogen-bond donors (Lipinski definition) is 2. The van der Waals surface area contributed by atoms with Crippen molar-refractivity contribution in [2.24, 2.45) is 4.99 Å². The third-order valence-corrected chi connectivity index (χ3v) is 3.80. The zero-order chi connectivity index (χ0) is 16.5. The van der Waals surface area contributed by atoms with Crippen LogP contribution in [0.25, 0.3) is 22.4 Å². The van der Waals surface area contributed by atoms with Gasteiger partial charge in [-0.05, 0) is 25.1 Å². The fourth-order valence-electron chi connectivity index (χ4n) is 2.59. The summed E-state index contributed by atoms with van der Waals surface area (Å²) in [4.78, 5) is 11.6. The van der Waals surface area contributed by atoms with Crippen molar-refractivity contribution in [3.63, 3.8) is 0 Å². The van der Waals surface area contributed by atoms with E-state index in [1.54, 1.807) is 29.6 Å². The lowest BCUT2D eigenvalue weighted by Crippen LogP contribution is -1.94. The average molecular weight is 321 g/mol. The van der Waals surface area contributed by atoms with Crippen LogP contribution in [0, 0.1) is 0 Å². The predicted octanol–water partition coefficient (Wildman–Crippen LogP) is 3.50. The van der Waals surface area contributed by atoms with E-state index in [4.69, 9.17) is 4.42 Å². The fraction of sp³-hybridized carbons (Fsp3) is 0.118. The highest BCUT2D eigenvalue weighted by Crippen LogP contribution is 2.29. The van der Waals surface area contributed by atoms with Gasteiger partial charge in [-0.15, -0.1) is 0 Å². The van der Waals surface area contributed by atoms with Crippen LogP contribution in [0.2, 0.25) is 0 Å². The van der Waals surface area contributed by atoms with Gasteiger partial charge in [0.25, 0.3) is 0 Å². The number of aromatic hydroxyl groups is 1. The van der Waals surface area contributed by atoms with E-state index in [-0.39, 0.29) is 5.88 Å². The van der Waals surface area contributed by atoms with E-state index >= 15 is 0 Å². The Hall–Kier alpha value is -3.35. The van der Waals surface area contributed by atoms with Crippen LogP contribution in [0.15, 0.2) is 52.3 Å². The maximum Gasteiger partial charge on any atom is 0.199 e. The van der Waals surface area contributed by atoms with Gasteiger partial charge in [0, 0.05) is 36.0 Å². The number of aliphatic imine (C=N–C) groups is 1. The van der Waals surface area contributed by atoms with Crippen LogP contribution in [0.1, 0.15) is 12.5 Å². The van der Waals surface area contributed by atoms with Crippen LogP contribution in [0.4, 0.5) is 5.82 Å². The molecule has 120 valence electrons. The molecule has 2 N–H and O–H groups in total. The molecule has 0 aliphatic heterocycles. The molecular weight excluding hydrogens is 306 g/mol. The highest BCUT2D eigenvalue weighted by Gasteiger charge is 2.12. The van der Waals surface area contributed by atoms with E-state index < -0.39 is 0 Å². The summed E-state index contributed by atoms with van der Waals surface area (Å²) in [7, 11) is 0. The summed E-state index contributed by atoms with van der Waals surface area (Å²) in [6.07, 6.45) is 6.62. The molecule has 24 heavy (non-hydrogen) atoms. The second-order valence-electron chi connectivity index (χ2n) is 5.25. The van der Waals surface area contributed by atoms with Gasteiger partial charge in [-0.25, -0.2) is 14.7 Å². The summed E-state index contributed by atoms with van der Waals surface area (Å²) in [5, 5.41) is 15.1. The third kappa shape index (κ3) is 2.36. The van der Waals surface area contributed by atoms with Crippen molar-refractivity contribution in [2.45, 2.75) is 13.5 Å². The molecule has 0 aromatic carbocycles. The number of H-pyrrole nitrogens is 1. The molecule has 0 aliphatic rings. The Morgan fingerprint density at radius 3 is 3.12 bits per heavy atom. The molecule has 4 aromatic rings. The third-order valence-electron chi connectivity index (χ3n) is 3.80. The van der Waals surface area contributed by atoms with Crippen molar-refractivity contribution < 1.29 is 9.52 Å². The Kier molecular flexibility index (Phi) is 3.38. The van der Waals surface area contributed by atoms with E-state index in [0.29, 0.717) is 11.2 Å². The van der Waals surface area contributed by atoms with Crippen LogP contribution in [-0.2, 0) is 6.54 Å². The van der Waals surface area contributed by atoms with Gasteiger partial charge in [-0.3, -0.25) is 0 Å². The zero-order valence-electron chi connectivity index (χ0n) is 13.0. The smallest absolute Gasteiger partial charge is 0.199 e. The second kappa shape index (κ2) is 5.69. The molecule has 4 aromatic heterocycles. The highest BCUT2D eigenvalue weighted by molar-refractivity contribution is 6.02. The van der Waals surface area contributed by atoms with Crippen molar-refractivity contribution >= 4 is 23.1 Å². The van der Waals surface area contributed by atoms with E-state index in [2.05, 4.69) is 20.1 Å². The standard InChI is InChI=1S/C17H15N5O2/c1-2-22-15(5-6-20-22)18-10-13-12-8-11(14-4-3-7-24-14)9-19-16(12)21-17(13)23/h3-10,23H,2H2,1H3,(H,19,21). The van der Waals surface area contributed by atoms with Crippen molar-refractivity contribution in [2.75, 3.05) is 0 Å². The molecule has 0 fully saturated rings. The highest BCUT2D eigenvalue weighted by atomic mass is 16.3. The second-order valence-corrected chi connectivity index (χ2v) is 5.25. The molecule has 0 spiro atoms. The monoisotopic (exact) mass is 321 g/mol. The molecule has 0 bridgehead atoms. The van der Waals surface area contributed by atoms with Gasteiger partial charge in [-0.2, -0.15) is 5.10 Å². The number of aromatic amines is 1. The van der Waals surface area contributed by atoms with Crippen molar-refractivity contribution in [3.05, 3.63) is 48.5 Å². The van der Waals surface area contributed by atoms with Crippen LogP contribution >= 0.6 is 0 Å². The van der Waals surface area contributed by atoms with Gasteiger partial charge in [0.2, 0.25) is 0 Å². The van der Waals surface area contributed by atoms with Crippen LogP contribution < -0.4 is 0 Å². The normalized spacial score (nSPS) is 11.7. The molecular formula is C17H15N5O2. The van der Waals surface area contributed by atoms with Gasteiger partial charge in [0.1, 0.15) is 17.2 Å². The predicted molar refractivity (Wildman–Crippen MR) is 90.6 cm³/mol. The number of fused-ring (bicyclic) bond motifs is 1. The lowest BCUT2D eigenvalue weighted by Gasteiger charge is -1.99. The first-order valence-electron chi connectivity index (χ1n) is 7.56. The molecule has 0 saturated carbocycles. The van der Waals surface area contributed by atoms with Gasteiger partial charge in [0.15, 0.2) is 5.88 Å². The Balaban J connectivity index is 1.79. The number of pyridine rings is 1. The van der Waals surface area contributed by atoms with E-state index in [1.165, 1.54) is 0 Å². The van der Waals surface area contributed by atoms with E-state index in [1.807, 2.05) is 31.2 Å². The topological polar surface area (TPSA) is 92.2 Å². The number of nitrogens with one attached hydrogen (secondary N) is 1. The number of furan rings is 1. The fourth-order valence-corrected chi connectivity index (χ4v) is 2.59. The summed E-state index contributed by atoms with van der Waals surface area (Å²) in [6.45, 7) is 2.72. The summed E-state index contributed by atoms with van der Waals surface area (Å²) >= 11 is 0. The molecule has 0 radical (unpaired) electrons. The Morgan fingerprint density at radius 1 is 1.42 bits per heavy atom. The summed E-state index contributed by atoms with van der Waals surface area (Å²) in [6, 6.07) is 7.42. The Morgan fingerprint density at radius 2 is 2.33 bits per heavy atom. The number of nitrogens with zero attached hydrogens (tertiary/aromatic N) is 4. The SMILES string of the molecule is CCn1nccc1N=Cc1c(O)[nH]c2ncc(-c3ccco3)cc12. The van der Waals surface area contributed by atoms with Crippen molar-refractivity contribution in [1.29, 1.82) is 0 Å². The number of aromatic nitrogens is 4.